The van der Waals surface area contributed by atoms with Crippen LogP contribution in [0, 0.1) is 5.92 Å². The fourth-order valence-electron chi connectivity index (χ4n) is 2.91. The van der Waals surface area contributed by atoms with Crippen molar-refractivity contribution in [2.75, 3.05) is 0 Å². The van der Waals surface area contributed by atoms with E-state index in [9.17, 15) is 4.79 Å². The van der Waals surface area contributed by atoms with E-state index in [0.717, 1.165) is 50.5 Å². The van der Waals surface area contributed by atoms with E-state index in [0.29, 0.717) is 0 Å². The number of carbonyl (C=O) groups is 1. The number of hydrogen-bond donors (Lipinski definition) is 1. The molecule has 1 atom stereocenters. The molecular formula is C21H36Cl2O2. The summed E-state index contributed by atoms with van der Waals surface area (Å²) in [5, 5.41) is 8.87. The first-order chi connectivity index (χ1) is 12.1. The van der Waals surface area contributed by atoms with E-state index in [4.69, 9.17) is 28.3 Å². The van der Waals surface area contributed by atoms with Crippen molar-refractivity contribution < 1.29 is 9.90 Å². The number of hydrogen-bond acceptors (Lipinski definition) is 1. The summed E-state index contributed by atoms with van der Waals surface area (Å²) in [4.78, 5) is 10.8. The Morgan fingerprint density at radius 2 is 1.28 bits per heavy atom. The topological polar surface area (TPSA) is 37.3 Å². The third kappa shape index (κ3) is 13.4. The highest BCUT2D eigenvalue weighted by atomic mass is 35.5. The smallest absolute Gasteiger partial charge is 0.306 e. The normalized spacial score (nSPS) is 13.9. The molecule has 0 fully saturated rings. The van der Waals surface area contributed by atoms with Gasteiger partial charge in [-0.3, -0.25) is 4.79 Å². The molecule has 1 unspecified atom stereocenters. The van der Waals surface area contributed by atoms with Gasteiger partial charge in [-0.1, -0.05) is 88.4 Å². The maximum Gasteiger partial charge on any atom is 0.306 e. The third-order valence-electron chi connectivity index (χ3n) is 4.73. The van der Waals surface area contributed by atoms with Gasteiger partial charge in [-0.05, 0) is 43.3 Å². The molecule has 2 nitrogen and oxygen atoms in total. The largest absolute Gasteiger partial charge is 0.481 e. The summed E-state index contributed by atoms with van der Waals surface area (Å²) in [5.41, 5.74) is 5.70. The number of carboxylic acids is 1. The highest BCUT2D eigenvalue weighted by Crippen LogP contribution is 2.25. The van der Waals surface area contributed by atoms with Gasteiger partial charge in [-0.25, -0.2) is 0 Å². The van der Waals surface area contributed by atoms with Crippen LogP contribution in [-0.2, 0) is 4.79 Å². The van der Waals surface area contributed by atoms with Gasteiger partial charge in [0.15, 0.2) is 0 Å². The number of unbranched alkanes of at least 4 members (excludes halogenated alkanes) is 8. The number of aliphatic carboxylic acids is 1. The molecule has 0 spiro atoms. The molecule has 146 valence electrons. The average molecular weight is 391 g/mol. The Kier molecular flexibility index (Phi) is 16.7. The molecule has 0 rings (SSSR count). The van der Waals surface area contributed by atoms with Gasteiger partial charge in [0.2, 0.25) is 0 Å². The maximum atomic E-state index is 10.8. The van der Waals surface area contributed by atoms with E-state index < -0.39 is 5.97 Å². The summed E-state index contributed by atoms with van der Waals surface area (Å²) in [6.07, 6.45) is 14.6. The van der Waals surface area contributed by atoms with Gasteiger partial charge in [0.05, 0.1) is 5.92 Å². The predicted octanol–water partition coefficient (Wildman–Crippen LogP) is 8.04. The minimum atomic E-state index is -0.695. The summed E-state index contributed by atoms with van der Waals surface area (Å²) < 4.78 is 0. The summed E-state index contributed by atoms with van der Waals surface area (Å²) >= 11 is 12.0. The van der Waals surface area contributed by atoms with E-state index in [1.165, 1.54) is 44.1 Å². The molecule has 1 N–H and O–H groups in total. The van der Waals surface area contributed by atoms with Crippen LogP contribution >= 0.6 is 23.2 Å². The SMILES string of the molecule is CCCCCCCCC(=CCl)C(=CCl)CCCCCCC(C)C(=O)O. The zero-order valence-electron chi connectivity index (χ0n) is 16.0. The summed E-state index contributed by atoms with van der Waals surface area (Å²) in [6.45, 7) is 4.01. The molecule has 0 aliphatic carbocycles. The van der Waals surface area contributed by atoms with Gasteiger partial charge < -0.3 is 5.11 Å². The molecule has 0 aliphatic heterocycles. The summed E-state index contributed by atoms with van der Waals surface area (Å²) in [5.74, 6) is -0.930. The Balaban J connectivity index is 3.91. The van der Waals surface area contributed by atoms with E-state index in [2.05, 4.69) is 6.92 Å². The molecule has 4 heteroatoms. The molecule has 0 amide bonds. The van der Waals surface area contributed by atoms with Gasteiger partial charge in [-0.2, -0.15) is 0 Å². The van der Waals surface area contributed by atoms with Crippen LogP contribution in [0.15, 0.2) is 22.2 Å². The molecule has 0 saturated carbocycles. The standard InChI is InChI=1S/C21H36Cl2O2/c1-3-4-5-6-7-11-14-19(16-22)20(17-23)15-12-9-8-10-13-18(2)21(24)25/h16-18H,3-15H2,1-2H3,(H,24,25). The van der Waals surface area contributed by atoms with Crippen molar-refractivity contribution in [3.8, 4) is 0 Å². The lowest BCUT2D eigenvalue weighted by atomic mass is 9.96. The summed E-state index contributed by atoms with van der Waals surface area (Å²) in [6, 6.07) is 0. The molecule has 0 bridgehead atoms. The van der Waals surface area contributed by atoms with Crippen LogP contribution in [0.4, 0.5) is 0 Å². The zero-order chi connectivity index (χ0) is 18.9. The van der Waals surface area contributed by atoms with Gasteiger partial charge in [0.1, 0.15) is 0 Å². The molecule has 0 heterocycles. The second-order valence-electron chi connectivity index (χ2n) is 6.98. The van der Waals surface area contributed by atoms with E-state index >= 15 is 0 Å². The minimum absolute atomic E-state index is 0.235. The van der Waals surface area contributed by atoms with Crippen LogP contribution in [0.2, 0.25) is 0 Å². The van der Waals surface area contributed by atoms with Crippen LogP contribution in [0.25, 0.3) is 0 Å². The van der Waals surface area contributed by atoms with Crippen molar-refractivity contribution in [1.82, 2.24) is 0 Å². The third-order valence-corrected chi connectivity index (χ3v) is 5.26. The Morgan fingerprint density at radius 3 is 1.72 bits per heavy atom. The average Bonchev–Trinajstić information content (AvgIpc) is 2.61. The highest BCUT2D eigenvalue weighted by molar-refractivity contribution is 6.27. The van der Waals surface area contributed by atoms with Crippen molar-refractivity contribution in [2.45, 2.75) is 97.3 Å². The van der Waals surface area contributed by atoms with E-state index in [1.54, 1.807) is 18.0 Å². The van der Waals surface area contributed by atoms with Crippen molar-refractivity contribution in [3.63, 3.8) is 0 Å². The molecule has 0 aromatic carbocycles. The van der Waals surface area contributed by atoms with E-state index in [1.807, 2.05) is 0 Å². The molecule has 0 aromatic heterocycles. The van der Waals surface area contributed by atoms with Crippen molar-refractivity contribution >= 4 is 29.2 Å². The van der Waals surface area contributed by atoms with Crippen molar-refractivity contribution in [3.05, 3.63) is 22.2 Å². The highest BCUT2D eigenvalue weighted by Gasteiger charge is 2.10. The number of halogens is 2. The molecule has 25 heavy (non-hydrogen) atoms. The Morgan fingerprint density at radius 1 is 0.840 bits per heavy atom. The van der Waals surface area contributed by atoms with Crippen molar-refractivity contribution in [2.24, 2.45) is 5.92 Å². The lowest BCUT2D eigenvalue weighted by Gasteiger charge is -2.11. The van der Waals surface area contributed by atoms with Gasteiger partial charge in [-0.15, -0.1) is 0 Å². The van der Waals surface area contributed by atoms with Gasteiger partial charge in [0, 0.05) is 11.1 Å². The lowest BCUT2D eigenvalue weighted by molar-refractivity contribution is -0.141. The minimum Gasteiger partial charge on any atom is -0.481 e. The fourth-order valence-corrected chi connectivity index (χ4v) is 3.41. The molecule has 0 aromatic rings. The monoisotopic (exact) mass is 390 g/mol. The fraction of sp³-hybridized carbons (Fsp3) is 0.762. The summed E-state index contributed by atoms with van der Waals surface area (Å²) in [7, 11) is 0. The van der Waals surface area contributed by atoms with Gasteiger partial charge in [0.25, 0.3) is 0 Å². The quantitative estimate of drug-likeness (QED) is 0.213. The van der Waals surface area contributed by atoms with Crippen LogP contribution in [0.3, 0.4) is 0 Å². The van der Waals surface area contributed by atoms with Crippen LogP contribution in [0.1, 0.15) is 97.3 Å². The van der Waals surface area contributed by atoms with Crippen molar-refractivity contribution in [1.29, 1.82) is 0 Å². The van der Waals surface area contributed by atoms with Crippen LogP contribution < -0.4 is 0 Å². The first-order valence-electron chi connectivity index (χ1n) is 9.88. The van der Waals surface area contributed by atoms with E-state index in [-0.39, 0.29) is 5.92 Å². The maximum absolute atomic E-state index is 10.8. The molecule has 0 aliphatic rings. The van der Waals surface area contributed by atoms with Crippen LogP contribution in [-0.4, -0.2) is 11.1 Å². The lowest BCUT2D eigenvalue weighted by Crippen LogP contribution is -2.08. The second kappa shape index (κ2) is 17.0. The number of carboxylic acid groups (broad SMARTS) is 1. The predicted molar refractivity (Wildman–Crippen MR) is 110 cm³/mol. The number of allylic oxidation sites excluding steroid dienone is 2. The molecule has 0 saturated heterocycles. The van der Waals surface area contributed by atoms with Gasteiger partial charge >= 0.3 is 5.97 Å². The molecular weight excluding hydrogens is 355 g/mol. The first-order valence-corrected chi connectivity index (χ1v) is 10.8. The Hall–Kier alpha value is -0.470. The second-order valence-corrected chi connectivity index (χ2v) is 7.42. The number of rotatable bonds is 16. The first kappa shape index (κ1) is 24.5. The Bertz CT molecular complexity index is 403. The zero-order valence-corrected chi connectivity index (χ0v) is 17.5. The molecule has 0 radical (unpaired) electrons. The Labute approximate surface area is 164 Å². The van der Waals surface area contributed by atoms with Crippen LogP contribution in [0.5, 0.6) is 0 Å².